The van der Waals surface area contributed by atoms with E-state index in [2.05, 4.69) is 33.4 Å². The minimum absolute atomic E-state index is 0.643. The van der Waals surface area contributed by atoms with E-state index in [1.807, 2.05) is 24.3 Å². The van der Waals surface area contributed by atoms with Gasteiger partial charge in [0.1, 0.15) is 4.99 Å². The molecule has 22 heavy (non-hydrogen) atoms. The van der Waals surface area contributed by atoms with E-state index >= 15 is 0 Å². The standard InChI is InChI=1S/C17H19N3OS/c22-17(16-6-1-2-7-18-16)19-15-5-3-4-14(12-15)13-20-8-10-21-11-9-20/h1-7,12H,8-11,13H2,(H,19,22). The molecule has 2 heterocycles. The van der Waals surface area contributed by atoms with Crippen LogP contribution >= 0.6 is 12.2 Å². The number of rotatable bonds is 4. The monoisotopic (exact) mass is 313 g/mol. The zero-order chi connectivity index (χ0) is 15.2. The lowest BCUT2D eigenvalue weighted by atomic mass is 10.1. The predicted octanol–water partition coefficient (Wildman–Crippen LogP) is 2.70. The Morgan fingerprint density at radius 1 is 1.18 bits per heavy atom. The van der Waals surface area contributed by atoms with Gasteiger partial charge in [0.05, 0.1) is 18.9 Å². The molecule has 0 saturated carbocycles. The molecule has 2 aromatic rings. The van der Waals surface area contributed by atoms with Crippen molar-refractivity contribution in [3.63, 3.8) is 0 Å². The fourth-order valence-electron chi connectivity index (χ4n) is 2.46. The quantitative estimate of drug-likeness (QED) is 0.879. The molecule has 114 valence electrons. The number of nitrogens with zero attached hydrogens (tertiary/aromatic N) is 2. The molecular formula is C17H19N3OS. The lowest BCUT2D eigenvalue weighted by Crippen LogP contribution is -2.35. The number of aromatic nitrogens is 1. The van der Waals surface area contributed by atoms with Crippen LogP contribution in [-0.4, -0.2) is 41.2 Å². The number of hydrogen-bond acceptors (Lipinski definition) is 4. The summed E-state index contributed by atoms with van der Waals surface area (Å²) >= 11 is 5.41. The maximum atomic E-state index is 5.41. The van der Waals surface area contributed by atoms with E-state index in [0.29, 0.717) is 4.99 Å². The SMILES string of the molecule is S=C(Nc1cccc(CN2CCOCC2)c1)c1ccccn1. The zero-order valence-electron chi connectivity index (χ0n) is 12.4. The van der Waals surface area contributed by atoms with Crippen LogP contribution in [-0.2, 0) is 11.3 Å². The van der Waals surface area contributed by atoms with Crippen molar-refractivity contribution >= 4 is 22.9 Å². The normalized spacial score (nSPS) is 15.5. The van der Waals surface area contributed by atoms with Gasteiger partial charge in [-0.3, -0.25) is 9.88 Å². The maximum absolute atomic E-state index is 5.41. The van der Waals surface area contributed by atoms with Crippen LogP contribution in [0, 0.1) is 0 Å². The molecule has 3 rings (SSSR count). The Morgan fingerprint density at radius 2 is 2.05 bits per heavy atom. The van der Waals surface area contributed by atoms with E-state index in [-0.39, 0.29) is 0 Å². The predicted molar refractivity (Wildman–Crippen MR) is 92.1 cm³/mol. The second kappa shape index (κ2) is 7.45. The highest BCUT2D eigenvalue weighted by Crippen LogP contribution is 2.14. The average Bonchev–Trinajstić information content (AvgIpc) is 2.57. The van der Waals surface area contributed by atoms with Gasteiger partial charge in [0.2, 0.25) is 0 Å². The summed E-state index contributed by atoms with van der Waals surface area (Å²) in [5.41, 5.74) is 3.06. The minimum Gasteiger partial charge on any atom is -0.379 e. The van der Waals surface area contributed by atoms with Gasteiger partial charge in [-0.25, -0.2) is 0 Å². The van der Waals surface area contributed by atoms with Gasteiger partial charge in [-0.2, -0.15) is 0 Å². The molecule has 1 aliphatic rings. The molecule has 1 aliphatic heterocycles. The summed E-state index contributed by atoms with van der Waals surface area (Å²) in [5, 5.41) is 3.26. The summed E-state index contributed by atoms with van der Waals surface area (Å²) in [6, 6.07) is 14.1. The first-order valence-electron chi connectivity index (χ1n) is 7.43. The first kappa shape index (κ1) is 15.1. The van der Waals surface area contributed by atoms with Gasteiger partial charge in [0.15, 0.2) is 0 Å². The van der Waals surface area contributed by atoms with Gasteiger partial charge in [0.25, 0.3) is 0 Å². The minimum atomic E-state index is 0.643. The number of benzene rings is 1. The van der Waals surface area contributed by atoms with E-state index in [1.165, 1.54) is 5.56 Å². The second-order valence-corrected chi connectivity index (χ2v) is 5.67. The number of hydrogen-bond donors (Lipinski definition) is 1. The Hall–Kier alpha value is -1.82. The lowest BCUT2D eigenvalue weighted by molar-refractivity contribution is 0.0342. The fraction of sp³-hybridized carbons (Fsp3) is 0.294. The van der Waals surface area contributed by atoms with Gasteiger partial charge in [0, 0.05) is 31.5 Å². The first-order chi connectivity index (χ1) is 10.8. The molecule has 5 heteroatoms. The molecule has 0 atom stereocenters. The molecule has 1 aromatic carbocycles. The Labute approximate surface area is 136 Å². The van der Waals surface area contributed by atoms with Gasteiger partial charge in [-0.05, 0) is 29.8 Å². The number of morpholine rings is 1. The van der Waals surface area contributed by atoms with E-state index in [1.54, 1.807) is 6.20 Å². The largest absolute Gasteiger partial charge is 0.379 e. The van der Waals surface area contributed by atoms with Crippen LogP contribution in [0.5, 0.6) is 0 Å². The summed E-state index contributed by atoms with van der Waals surface area (Å²) in [6.45, 7) is 4.56. The van der Waals surface area contributed by atoms with Crippen molar-refractivity contribution in [2.75, 3.05) is 31.6 Å². The molecule has 0 bridgehead atoms. The van der Waals surface area contributed by atoms with Crippen molar-refractivity contribution in [3.05, 3.63) is 59.9 Å². The van der Waals surface area contributed by atoms with Gasteiger partial charge in [-0.1, -0.05) is 30.4 Å². The molecule has 1 saturated heterocycles. The maximum Gasteiger partial charge on any atom is 0.129 e. The van der Waals surface area contributed by atoms with Crippen LogP contribution in [0.3, 0.4) is 0 Å². The third-order valence-electron chi connectivity index (χ3n) is 3.59. The molecule has 0 amide bonds. The van der Waals surface area contributed by atoms with Gasteiger partial charge in [-0.15, -0.1) is 0 Å². The highest BCUT2D eigenvalue weighted by molar-refractivity contribution is 7.81. The Morgan fingerprint density at radius 3 is 2.82 bits per heavy atom. The molecule has 1 aromatic heterocycles. The third kappa shape index (κ3) is 4.10. The van der Waals surface area contributed by atoms with Crippen LogP contribution in [0.1, 0.15) is 11.3 Å². The summed E-state index contributed by atoms with van der Waals surface area (Å²) in [6.07, 6.45) is 1.75. The number of pyridine rings is 1. The number of ether oxygens (including phenoxy) is 1. The van der Waals surface area contributed by atoms with E-state index in [4.69, 9.17) is 17.0 Å². The molecular weight excluding hydrogens is 294 g/mol. The highest BCUT2D eigenvalue weighted by atomic mass is 32.1. The van der Waals surface area contributed by atoms with Crippen LogP contribution in [0.4, 0.5) is 5.69 Å². The van der Waals surface area contributed by atoms with E-state index < -0.39 is 0 Å². The zero-order valence-corrected chi connectivity index (χ0v) is 13.2. The van der Waals surface area contributed by atoms with Crippen molar-refractivity contribution in [1.82, 2.24) is 9.88 Å². The van der Waals surface area contributed by atoms with Crippen LogP contribution < -0.4 is 5.32 Å². The third-order valence-corrected chi connectivity index (χ3v) is 3.90. The van der Waals surface area contributed by atoms with Crippen molar-refractivity contribution in [3.8, 4) is 0 Å². The molecule has 0 unspecified atom stereocenters. The summed E-state index contributed by atoms with van der Waals surface area (Å²) in [4.78, 5) is 7.31. The number of thiocarbonyl (C=S) groups is 1. The van der Waals surface area contributed by atoms with Crippen molar-refractivity contribution in [2.24, 2.45) is 0 Å². The van der Waals surface area contributed by atoms with Crippen molar-refractivity contribution in [2.45, 2.75) is 6.54 Å². The highest BCUT2D eigenvalue weighted by Gasteiger charge is 2.11. The van der Waals surface area contributed by atoms with Crippen LogP contribution in [0.15, 0.2) is 48.7 Å². The molecule has 0 spiro atoms. The molecule has 0 aliphatic carbocycles. The Kier molecular flexibility index (Phi) is 5.11. The van der Waals surface area contributed by atoms with E-state index in [0.717, 1.165) is 44.2 Å². The first-order valence-corrected chi connectivity index (χ1v) is 7.83. The lowest BCUT2D eigenvalue weighted by Gasteiger charge is -2.26. The van der Waals surface area contributed by atoms with Crippen LogP contribution in [0.25, 0.3) is 0 Å². The van der Waals surface area contributed by atoms with Gasteiger partial charge < -0.3 is 10.1 Å². The molecule has 1 N–H and O–H groups in total. The summed E-state index contributed by atoms with van der Waals surface area (Å²) < 4.78 is 5.38. The fourth-order valence-corrected chi connectivity index (χ4v) is 2.70. The molecule has 0 radical (unpaired) electrons. The van der Waals surface area contributed by atoms with Crippen molar-refractivity contribution in [1.29, 1.82) is 0 Å². The summed E-state index contributed by atoms with van der Waals surface area (Å²) in [7, 11) is 0. The number of nitrogens with one attached hydrogen (secondary N) is 1. The van der Waals surface area contributed by atoms with Crippen LogP contribution in [0.2, 0.25) is 0 Å². The van der Waals surface area contributed by atoms with Crippen molar-refractivity contribution < 1.29 is 4.74 Å². The smallest absolute Gasteiger partial charge is 0.129 e. The van der Waals surface area contributed by atoms with Gasteiger partial charge >= 0.3 is 0 Å². The summed E-state index contributed by atoms with van der Waals surface area (Å²) in [5.74, 6) is 0. The van der Waals surface area contributed by atoms with E-state index in [9.17, 15) is 0 Å². The number of anilines is 1. The topological polar surface area (TPSA) is 37.4 Å². The second-order valence-electron chi connectivity index (χ2n) is 5.26. The Balaban J connectivity index is 1.64. The molecule has 1 fully saturated rings. The Bertz CT molecular complexity index is 627. The molecule has 4 nitrogen and oxygen atoms in total. The average molecular weight is 313 g/mol.